The van der Waals surface area contributed by atoms with Gasteiger partial charge in [-0.3, -0.25) is 4.79 Å². The molecule has 0 aliphatic heterocycles. The first kappa shape index (κ1) is 11.9. The van der Waals surface area contributed by atoms with Gasteiger partial charge in [-0.05, 0) is 0 Å². The summed E-state index contributed by atoms with van der Waals surface area (Å²) >= 11 is 0. The molecule has 0 bridgehead atoms. The van der Waals surface area contributed by atoms with Crippen molar-refractivity contribution in [3.63, 3.8) is 0 Å². The summed E-state index contributed by atoms with van der Waals surface area (Å²) in [5, 5.41) is 0. The third-order valence-electron chi connectivity index (χ3n) is 3.92. The molecule has 0 N–H and O–H groups in total. The topological polar surface area (TPSA) is 17.1 Å². The molecule has 0 amide bonds. The maximum absolute atomic E-state index is 12.8. The van der Waals surface area contributed by atoms with Crippen LogP contribution < -0.4 is 0 Å². The Hall–Kier alpha value is -0.610. The predicted octanol–water partition coefficient (Wildman–Crippen LogP) is 3.43. The van der Waals surface area contributed by atoms with Gasteiger partial charge in [-0.15, -0.1) is 0 Å². The van der Waals surface area contributed by atoms with Gasteiger partial charge in [-0.2, -0.15) is 0 Å². The summed E-state index contributed by atoms with van der Waals surface area (Å²) in [7, 11) is 0. The van der Waals surface area contributed by atoms with E-state index in [1.54, 1.807) is 0 Å². The molecule has 0 heterocycles. The molecule has 92 valence electrons. The highest BCUT2D eigenvalue weighted by Gasteiger charge is 2.70. The van der Waals surface area contributed by atoms with E-state index in [4.69, 9.17) is 0 Å². The van der Waals surface area contributed by atoms with E-state index < -0.39 is 28.5 Å². The zero-order chi connectivity index (χ0) is 12.4. The maximum atomic E-state index is 12.8. The molecular formula is C11H14F4O. The normalized spacial score (nSPS) is 42.9. The fraction of sp³-hybridized carbons (Fsp3) is 0.909. The summed E-state index contributed by atoms with van der Waals surface area (Å²) in [4.78, 5) is 11.5. The van der Waals surface area contributed by atoms with Crippen LogP contribution in [0.5, 0.6) is 0 Å². The molecule has 16 heavy (non-hydrogen) atoms. The Kier molecular flexibility index (Phi) is 2.07. The lowest BCUT2D eigenvalue weighted by Gasteiger charge is -2.12. The van der Waals surface area contributed by atoms with Crippen LogP contribution >= 0.6 is 0 Å². The smallest absolute Gasteiger partial charge is 0.254 e. The van der Waals surface area contributed by atoms with Crippen molar-refractivity contribution < 1.29 is 22.4 Å². The van der Waals surface area contributed by atoms with Crippen LogP contribution in [0.15, 0.2) is 0 Å². The molecule has 2 aliphatic carbocycles. The van der Waals surface area contributed by atoms with Crippen molar-refractivity contribution in [3.05, 3.63) is 0 Å². The summed E-state index contributed by atoms with van der Waals surface area (Å²) in [6.45, 7) is 2.66. The number of hydrogen-bond acceptors (Lipinski definition) is 1. The van der Waals surface area contributed by atoms with E-state index in [2.05, 4.69) is 0 Å². The minimum absolute atomic E-state index is 0.286. The van der Waals surface area contributed by atoms with Crippen LogP contribution in [0.1, 0.15) is 39.5 Å². The first-order valence-corrected chi connectivity index (χ1v) is 5.29. The molecule has 2 atom stereocenters. The van der Waals surface area contributed by atoms with Crippen molar-refractivity contribution in [2.45, 2.75) is 51.4 Å². The summed E-state index contributed by atoms with van der Waals surface area (Å²) in [5.41, 5.74) is -2.57. The summed E-state index contributed by atoms with van der Waals surface area (Å²) in [6.07, 6.45) is -1.19. The lowest BCUT2D eigenvalue weighted by atomic mass is 9.93. The van der Waals surface area contributed by atoms with Crippen LogP contribution in [-0.2, 0) is 4.79 Å². The third-order valence-corrected chi connectivity index (χ3v) is 3.92. The first-order valence-electron chi connectivity index (χ1n) is 5.29. The summed E-state index contributed by atoms with van der Waals surface area (Å²) < 4.78 is 51.4. The molecule has 2 aliphatic rings. The van der Waals surface area contributed by atoms with Gasteiger partial charge in [-0.1, -0.05) is 13.8 Å². The number of halogens is 4. The van der Waals surface area contributed by atoms with Gasteiger partial charge in [0.2, 0.25) is 0 Å². The second kappa shape index (κ2) is 2.79. The number of ketones is 1. The van der Waals surface area contributed by atoms with Gasteiger partial charge in [0, 0.05) is 36.5 Å². The number of carbonyl (C=O) groups is 1. The maximum Gasteiger partial charge on any atom is 0.254 e. The third kappa shape index (κ3) is 1.64. The molecule has 0 radical (unpaired) electrons. The van der Waals surface area contributed by atoms with Crippen LogP contribution in [0.4, 0.5) is 17.6 Å². The minimum atomic E-state index is -2.80. The van der Waals surface area contributed by atoms with Crippen LogP contribution in [-0.4, -0.2) is 17.6 Å². The van der Waals surface area contributed by atoms with E-state index in [1.165, 1.54) is 13.8 Å². The Bertz CT molecular complexity index is 320. The van der Waals surface area contributed by atoms with E-state index in [0.29, 0.717) is 0 Å². The number of hydrogen-bond donors (Lipinski definition) is 0. The molecule has 2 fully saturated rings. The largest absolute Gasteiger partial charge is 0.300 e. The molecule has 0 saturated heterocycles. The average molecular weight is 238 g/mol. The van der Waals surface area contributed by atoms with Gasteiger partial charge in [0.1, 0.15) is 5.78 Å². The Morgan fingerprint density at radius 1 is 0.938 bits per heavy atom. The number of Topliss-reactive ketones (excluding diaryl/α,β-unsaturated/α-hetero) is 1. The molecule has 1 nitrogen and oxygen atoms in total. The van der Waals surface area contributed by atoms with Gasteiger partial charge >= 0.3 is 0 Å². The van der Waals surface area contributed by atoms with E-state index in [-0.39, 0.29) is 25.7 Å². The van der Waals surface area contributed by atoms with E-state index in [0.717, 1.165) is 0 Å². The number of carbonyl (C=O) groups excluding carboxylic acids is 1. The van der Waals surface area contributed by atoms with Crippen molar-refractivity contribution >= 4 is 5.78 Å². The van der Waals surface area contributed by atoms with Gasteiger partial charge in [0.15, 0.2) is 0 Å². The second-order valence-corrected chi connectivity index (χ2v) is 5.78. The fourth-order valence-corrected chi connectivity index (χ4v) is 2.21. The molecule has 0 spiro atoms. The summed E-state index contributed by atoms with van der Waals surface area (Å²) in [6, 6.07) is 0. The quantitative estimate of drug-likeness (QED) is 0.686. The fourth-order valence-electron chi connectivity index (χ4n) is 2.21. The van der Waals surface area contributed by atoms with Crippen molar-refractivity contribution in [2.75, 3.05) is 0 Å². The van der Waals surface area contributed by atoms with Gasteiger partial charge in [0.25, 0.3) is 11.8 Å². The van der Waals surface area contributed by atoms with E-state index in [9.17, 15) is 22.4 Å². The monoisotopic (exact) mass is 238 g/mol. The molecular weight excluding hydrogens is 224 g/mol. The minimum Gasteiger partial charge on any atom is -0.300 e. The van der Waals surface area contributed by atoms with E-state index in [1.807, 2.05) is 0 Å². The molecule has 0 aromatic rings. The molecule has 2 unspecified atom stereocenters. The second-order valence-electron chi connectivity index (χ2n) is 5.78. The van der Waals surface area contributed by atoms with Gasteiger partial charge in [-0.25, -0.2) is 17.6 Å². The van der Waals surface area contributed by atoms with Crippen LogP contribution in [0.3, 0.4) is 0 Å². The zero-order valence-corrected chi connectivity index (χ0v) is 9.25. The average Bonchev–Trinajstić information content (AvgIpc) is 2.64. The SMILES string of the molecule is CC1(CC(=O)CC2(C)CC2(F)F)CC1(F)F. The van der Waals surface area contributed by atoms with Gasteiger partial charge in [0.05, 0.1) is 0 Å². The van der Waals surface area contributed by atoms with Crippen LogP contribution in [0.2, 0.25) is 0 Å². The Morgan fingerprint density at radius 2 is 1.19 bits per heavy atom. The lowest BCUT2D eigenvalue weighted by Crippen LogP contribution is -2.18. The highest BCUT2D eigenvalue weighted by atomic mass is 19.3. The van der Waals surface area contributed by atoms with Crippen molar-refractivity contribution in [3.8, 4) is 0 Å². The zero-order valence-electron chi connectivity index (χ0n) is 9.25. The van der Waals surface area contributed by atoms with Crippen molar-refractivity contribution in [1.29, 1.82) is 0 Å². The van der Waals surface area contributed by atoms with Crippen LogP contribution in [0, 0.1) is 10.8 Å². The molecule has 2 saturated carbocycles. The Labute approximate surface area is 91.2 Å². The molecule has 5 heteroatoms. The predicted molar refractivity (Wildman–Crippen MR) is 49.6 cm³/mol. The highest BCUT2D eigenvalue weighted by Crippen LogP contribution is 2.65. The number of alkyl halides is 4. The molecule has 0 aromatic heterocycles. The Balaban J connectivity index is 1.88. The van der Waals surface area contributed by atoms with Crippen LogP contribution in [0.25, 0.3) is 0 Å². The van der Waals surface area contributed by atoms with Gasteiger partial charge < -0.3 is 0 Å². The first-order chi connectivity index (χ1) is 7.02. The lowest BCUT2D eigenvalue weighted by molar-refractivity contribution is -0.123. The molecule has 0 aromatic carbocycles. The summed E-state index contributed by atoms with van der Waals surface area (Å²) in [5.74, 6) is -6.06. The molecule has 2 rings (SSSR count). The highest BCUT2D eigenvalue weighted by molar-refractivity contribution is 5.81. The number of rotatable bonds is 4. The van der Waals surface area contributed by atoms with Crippen molar-refractivity contribution in [1.82, 2.24) is 0 Å². The van der Waals surface area contributed by atoms with E-state index >= 15 is 0 Å². The Morgan fingerprint density at radius 3 is 1.38 bits per heavy atom. The van der Waals surface area contributed by atoms with Crippen molar-refractivity contribution in [2.24, 2.45) is 10.8 Å². The standard InChI is InChI=1S/C11H14F4O/c1-8(5-10(8,12)13)3-7(16)4-9(2)6-11(9,14)15/h3-6H2,1-2H3.